The average molecular weight is 1040 g/mol. The molecule has 5 fully saturated rings. The second-order valence-corrected chi connectivity index (χ2v) is 22.5. The number of piperazine rings is 1. The average Bonchev–Trinajstić information content (AvgIpc) is 4.36. The van der Waals surface area contributed by atoms with E-state index in [4.69, 9.17) is 38.1 Å². The molecule has 18 nitrogen and oxygen atoms in total. The van der Waals surface area contributed by atoms with Gasteiger partial charge in [-0.2, -0.15) is 0 Å². The molecule has 0 unspecified atom stereocenters. The zero-order valence-corrected chi connectivity index (χ0v) is 45.0. The van der Waals surface area contributed by atoms with Crippen LogP contribution >= 0.6 is 0 Å². The van der Waals surface area contributed by atoms with Gasteiger partial charge in [0.2, 0.25) is 11.8 Å². The summed E-state index contributed by atoms with van der Waals surface area (Å²) in [4.78, 5) is 63.6. The number of hydrogen-bond acceptors (Lipinski definition) is 15. The van der Waals surface area contributed by atoms with Crippen molar-refractivity contribution in [3.63, 3.8) is 0 Å². The summed E-state index contributed by atoms with van der Waals surface area (Å²) >= 11 is 0. The number of fused-ring (bicyclic) bond motifs is 6. The number of nitrogens with one attached hydrogen (secondary N) is 2. The molecule has 0 radical (unpaired) electrons. The van der Waals surface area contributed by atoms with Gasteiger partial charge in [-0.3, -0.25) is 34.3 Å². The van der Waals surface area contributed by atoms with E-state index >= 15 is 0 Å². The number of nitrogens with zero attached hydrogens (tertiary/aromatic N) is 7. The van der Waals surface area contributed by atoms with Crippen LogP contribution in [0, 0.1) is 17.3 Å². The van der Waals surface area contributed by atoms with Gasteiger partial charge in [-0.25, -0.2) is 10.4 Å². The number of aromatic nitrogens is 4. The van der Waals surface area contributed by atoms with Gasteiger partial charge in [-0.15, -0.1) is 0 Å². The molecular weight excluding hydrogens is 967 g/mol. The van der Waals surface area contributed by atoms with Gasteiger partial charge in [0.1, 0.15) is 30.1 Å². The molecule has 6 bridgehead atoms. The highest BCUT2D eigenvalue weighted by atomic mass is 16.5. The quantitative estimate of drug-likeness (QED) is 0.107. The maximum Gasteiger partial charge on any atom is 0.324 e. The van der Waals surface area contributed by atoms with Crippen molar-refractivity contribution in [1.82, 2.24) is 40.2 Å². The van der Waals surface area contributed by atoms with Crippen molar-refractivity contribution >= 4 is 34.4 Å². The van der Waals surface area contributed by atoms with E-state index < -0.39 is 41.4 Å². The number of amides is 2. The number of rotatable bonds is 14. The molecule has 8 heterocycles. The highest BCUT2D eigenvalue weighted by Gasteiger charge is 2.54. The molecule has 1 aromatic carbocycles. The summed E-state index contributed by atoms with van der Waals surface area (Å²) in [5.41, 5.74) is 10.4. The largest absolute Gasteiger partial charge is 0.464 e. The number of anilines is 1. The third-order valence-corrected chi connectivity index (χ3v) is 16.6. The Morgan fingerprint density at radius 2 is 1.79 bits per heavy atom. The van der Waals surface area contributed by atoms with E-state index in [1.54, 1.807) is 13.3 Å². The standard InChI is InChI=1S/C58H75N9O9/c1-7-73-53-46-33-75-55(61-46)37-13-16-47-41(29-37)43(31-58(4,5)34-76-57(70)45-12-10-20-67(63-45)56(69)51(53)62-54(68)49-35(2)48(49)44-11-8-9-19-59-44)52(66(47)25-28-74-40-17-26-72-27-18-40)42-30-39(32-60-50(42)36(3)71-6)65-23-21-64(22-24-65)38-14-15-38/h8-9,11,13,16,19,29-30,32-33,35-36,38,40,45,48-49,51,53,63H,7,10,12,14-15,17-18,20-28,31,34H2,1-6H3,(H,62,68)/t35-,36-,45-,48-,49+,51-,53+/m0/s1. The van der Waals surface area contributed by atoms with Crippen LogP contribution in [0.1, 0.15) is 114 Å². The number of cyclic esters (lactones) is 1. The molecule has 2 N–H and O–H groups in total. The summed E-state index contributed by atoms with van der Waals surface area (Å²) < 4.78 is 39.9. The zero-order chi connectivity index (χ0) is 52.7. The normalized spacial score (nSPS) is 26.0. The minimum absolute atomic E-state index is 0.00237. The first-order valence-corrected chi connectivity index (χ1v) is 27.8. The topological polar surface area (TPSA) is 188 Å². The minimum Gasteiger partial charge on any atom is -0.464 e. The van der Waals surface area contributed by atoms with Gasteiger partial charge in [-0.05, 0) is 107 Å². The lowest BCUT2D eigenvalue weighted by atomic mass is 9.84. The molecule has 4 aromatic heterocycles. The third kappa shape index (κ3) is 10.9. The van der Waals surface area contributed by atoms with E-state index in [0.29, 0.717) is 75.4 Å². The van der Waals surface area contributed by atoms with Crippen molar-refractivity contribution < 1.29 is 42.5 Å². The molecule has 406 valence electrons. The van der Waals surface area contributed by atoms with Crippen LogP contribution in [0.5, 0.6) is 0 Å². The minimum atomic E-state index is -1.23. The molecule has 6 aliphatic rings. The van der Waals surface area contributed by atoms with Crippen LogP contribution in [0.2, 0.25) is 0 Å². The van der Waals surface area contributed by atoms with Gasteiger partial charge in [-0.1, -0.05) is 26.8 Å². The number of hydrazine groups is 1. The van der Waals surface area contributed by atoms with Gasteiger partial charge >= 0.3 is 5.97 Å². The maximum atomic E-state index is 15.0. The highest BCUT2D eigenvalue weighted by molar-refractivity contribution is 5.95. The van der Waals surface area contributed by atoms with E-state index in [1.807, 2.05) is 51.2 Å². The molecule has 3 saturated heterocycles. The molecule has 5 aromatic rings. The summed E-state index contributed by atoms with van der Waals surface area (Å²) in [5.74, 6) is -1.38. The molecule has 76 heavy (non-hydrogen) atoms. The van der Waals surface area contributed by atoms with E-state index in [0.717, 1.165) is 83.8 Å². The van der Waals surface area contributed by atoms with Crippen molar-refractivity contribution in [2.24, 2.45) is 17.3 Å². The Morgan fingerprint density at radius 3 is 2.54 bits per heavy atom. The number of pyridine rings is 2. The van der Waals surface area contributed by atoms with Gasteiger partial charge in [0.05, 0.1) is 48.7 Å². The van der Waals surface area contributed by atoms with Crippen LogP contribution in [0.3, 0.4) is 0 Å². The summed E-state index contributed by atoms with van der Waals surface area (Å²) in [6.45, 7) is 17.0. The van der Waals surface area contributed by atoms with Crippen LogP contribution in [-0.4, -0.2) is 144 Å². The van der Waals surface area contributed by atoms with Crippen molar-refractivity contribution in [1.29, 1.82) is 0 Å². The van der Waals surface area contributed by atoms with E-state index in [1.165, 1.54) is 24.1 Å². The van der Waals surface area contributed by atoms with Crippen LogP contribution in [-0.2, 0) is 51.0 Å². The Morgan fingerprint density at radius 1 is 0.974 bits per heavy atom. The van der Waals surface area contributed by atoms with Crippen LogP contribution in [0.15, 0.2) is 65.5 Å². The fourth-order valence-corrected chi connectivity index (χ4v) is 12.1. The monoisotopic (exact) mass is 1040 g/mol. The molecule has 7 atom stereocenters. The SMILES string of the molecule is CCO[C@@H]1c2coc(n2)-c2ccc3c(c2)c(c(-c2cc(N4CCN(C5CC5)CC4)cnc2[C@H](C)OC)n3CCOC2CCOCC2)CC(C)(C)COC(=O)[C@@H]2CCCN(N2)C(=O)[C@H]1NC(=O)[C@@H]1[C@@H](C)[C@H]1c1ccccn1. The van der Waals surface area contributed by atoms with E-state index in [2.05, 4.69) is 62.1 Å². The fourth-order valence-electron chi connectivity index (χ4n) is 12.1. The van der Waals surface area contributed by atoms with E-state index in [-0.39, 0.29) is 43.2 Å². The lowest BCUT2D eigenvalue weighted by Gasteiger charge is -2.37. The number of benzene rings is 1. The first kappa shape index (κ1) is 52.3. The van der Waals surface area contributed by atoms with Gasteiger partial charge in [0.15, 0.2) is 0 Å². The predicted molar refractivity (Wildman–Crippen MR) is 285 cm³/mol. The number of esters is 1. The number of carbonyl (C=O) groups is 3. The Kier molecular flexibility index (Phi) is 15.3. The zero-order valence-electron chi connectivity index (χ0n) is 45.0. The molecule has 4 aliphatic heterocycles. The van der Waals surface area contributed by atoms with Crippen molar-refractivity contribution in [3.05, 3.63) is 83.8 Å². The van der Waals surface area contributed by atoms with Gasteiger partial charge in [0, 0.05) is 123 Å². The first-order valence-electron chi connectivity index (χ1n) is 27.8. The van der Waals surface area contributed by atoms with Crippen LogP contribution in [0.25, 0.3) is 33.6 Å². The smallest absolute Gasteiger partial charge is 0.324 e. The Labute approximate surface area is 445 Å². The Balaban J connectivity index is 1.03. The number of hydrogen-bond donors (Lipinski definition) is 2. The van der Waals surface area contributed by atoms with Crippen molar-refractivity contribution in [2.45, 2.75) is 128 Å². The molecule has 0 spiro atoms. The Bertz CT molecular complexity index is 2870. The first-order chi connectivity index (χ1) is 36.9. The van der Waals surface area contributed by atoms with E-state index in [9.17, 15) is 14.4 Å². The summed E-state index contributed by atoms with van der Waals surface area (Å²) in [5, 5.41) is 5.52. The number of methoxy groups -OCH3 is 1. The predicted octanol–water partition coefficient (Wildman–Crippen LogP) is 7.17. The van der Waals surface area contributed by atoms with Crippen LogP contribution in [0.4, 0.5) is 5.69 Å². The lowest BCUT2D eigenvalue weighted by molar-refractivity contribution is -0.156. The van der Waals surface area contributed by atoms with Gasteiger partial charge < -0.3 is 42.9 Å². The number of ether oxygens (including phenoxy) is 5. The fraction of sp³-hybridized carbons (Fsp3) is 0.586. The summed E-state index contributed by atoms with van der Waals surface area (Å²) in [6, 6.07) is 12.9. The molecule has 2 saturated carbocycles. The lowest BCUT2D eigenvalue weighted by Crippen LogP contribution is -2.61. The molecular formula is C58H75N9O9. The second kappa shape index (κ2) is 22.3. The van der Waals surface area contributed by atoms with Crippen molar-refractivity contribution in [2.75, 3.05) is 77.8 Å². The number of oxazole rings is 1. The molecule has 2 amide bonds. The van der Waals surface area contributed by atoms with Gasteiger partial charge in [0.25, 0.3) is 5.91 Å². The van der Waals surface area contributed by atoms with Crippen molar-refractivity contribution in [3.8, 4) is 22.7 Å². The highest BCUT2D eigenvalue weighted by Crippen LogP contribution is 2.53. The van der Waals surface area contributed by atoms with Crippen LogP contribution < -0.4 is 15.6 Å². The molecule has 11 rings (SSSR count). The summed E-state index contributed by atoms with van der Waals surface area (Å²) in [7, 11) is 1.72. The maximum absolute atomic E-state index is 15.0. The summed E-state index contributed by atoms with van der Waals surface area (Å²) in [6.07, 6.45) is 9.76. The number of carbonyl (C=O) groups excluding carboxylic acids is 3. The second-order valence-electron chi connectivity index (χ2n) is 22.5. The Hall–Kier alpha value is -5.76. The molecule has 18 heteroatoms. The molecule has 2 aliphatic carbocycles. The third-order valence-electron chi connectivity index (χ3n) is 16.6.